The number of carbonyl (C=O) groups excluding carboxylic acids is 6. The number of amides is 5. The van der Waals surface area contributed by atoms with Gasteiger partial charge < -0.3 is 31.4 Å². The lowest BCUT2D eigenvalue weighted by Gasteiger charge is -2.47. The van der Waals surface area contributed by atoms with Gasteiger partial charge >= 0.3 is 0 Å². The summed E-state index contributed by atoms with van der Waals surface area (Å²) in [4.78, 5) is 68.9. The van der Waals surface area contributed by atoms with E-state index in [1.54, 1.807) is 24.3 Å². The summed E-state index contributed by atoms with van der Waals surface area (Å²) in [6.07, 6.45) is 15.3. The molecule has 8 rings (SSSR count). The van der Waals surface area contributed by atoms with E-state index in [4.69, 9.17) is 28.0 Å². The number of nitrogens with one attached hydrogen (secondary N) is 4. The van der Waals surface area contributed by atoms with E-state index in [0.29, 0.717) is 42.8 Å². The monoisotopic (exact) mass is 916 g/mol. The Morgan fingerprint density at radius 3 is 2.30 bits per heavy atom. The fraction of sp³-hybridized carbons (Fsp3) is 0.469. The van der Waals surface area contributed by atoms with Crippen LogP contribution >= 0.6 is 23.2 Å². The number of imide groups is 1. The molecular formula is C49H59Cl2FN6O6. The van der Waals surface area contributed by atoms with Crippen LogP contribution in [0.5, 0.6) is 0 Å². The Morgan fingerprint density at radius 2 is 1.64 bits per heavy atom. The number of nitrogens with two attached hydrogens (primary N) is 1. The van der Waals surface area contributed by atoms with E-state index < -0.39 is 28.7 Å². The molecule has 4 fully saturated rings. The molecule has 342 valence electrons. The molecule has 5 aliphatic rings. The number of aldehydes is 1. The number of halogens is 3. The number of primary amides is 1. The number of unbranched alkanes of at least 4 members (excludes halogenated alkanes) is 1. The van der Waals surface area contributed by atoms with Crippen LogP contribution in [0.15, 0.2) is 54.6 Å². The standard InChI is InChI=1S/C22H21Cl2FN2O.C19H20N2O4.C7H15N.CH3NO/c23-13-7-8-15-18(11-13)27-20(28)22(15)16(14-5-4-6-17(24)19(14)25)12-26-21(22)9-2-1-3-10-21;1-14-6-5-8-15(7-3-2-4-11-22)16(14)12-21(13-23)17-9-10-18(24)20-19(17)25;1-8-7-5-3-2-4-6-7;2-1-3/h4-8,11,16,26H,1-3,9-10,12H2,(H,27,28);5-6,8,11,13,17H,2,4,9-10,12H2,1H3,(H,20,24,25);7-8H,2-6H2,1H3;1H,(H2,2,3)/t16?,22-;;;/m1.../s1. The number of rotatable bonds is 8. The molecule has 5 amide bonds. The highest BCUT2D eigenvalue weighted by Crippen LogP contribution is 2.61. The molecule has 6 N–H and O–H groups in total. The number of benzene rings is 3. The number of anilines is 1. The van der Waals surface area contributed by atoms with Crippen LogP contribution in [0, 0.1) is 24.6 Å². The third kappa shape index (κ3) is 11.2. The predicted molar refractivity (Wildman–Crippen MR) is 247 cm³/mol. The van der Waals surface area contributed by atoms with Gasteiger partial charge in [-0.3, -0.25) is 29.3 Å². The second-order valence-corrected chi connectivity index (χ2v) is 17.6. The van der Waals surface area contributed by atoms with Crippen LogP contribution in [-0.2, 0) is 40.7 Å². The molecule has 0 radical (unpaired) electrons. The molecule has 3 aromatic carbocycles. The molecule has 3 atom stereocenters. The van der Waals surface area contributed by atoms with E-state index in [1.807, 2.05) is 37.3 Å². The minimum Gasteiger partial charge on any atom is -0.372 e. The maximum Gasteiger partial charge on any atom is 0.249 e. The molecule has 0 bridgehead atoms. The molecule has 64 heavy (non-hydrogen) atoms. The Balaban J connectivity index is 0.000000196. The lowest BCUT2D eigenvalue weighted by molar-refractivity contribution is -0.141. The first-order valence-corrected chi connectivity index (χ1v) is 22.9. The topological polar surface area (TPSA) is 180 Å². The lowest BCUT2D eigenvalue weighted by Crippen LogP contribution is -2.60. The normalized spacial score (nSPS) is 21.8. The van der Waals surface area contributed by atoms with E-state index in [0.717, 1.165) is 72.4 Å². The van der Waals surface area contributed by atoms with Crippen molar-refractivity contribution in [2.75, 3.05) is 18.9 Å². The van der Waals surface area contributed by atoms with Crippen molar-refractivity contribution in [2.45, 2.75) is 132 Å². The molecular weight excluding hydrogens is 858 g/mol. The Labute approximate surface area is 385 Å². The highest BCUT2D eigenvalue weighted by atomic mass is 35.5. The van der Waals surface area contributed by atoms with Crippen molar-refractivity contribution in [1.29, 1.82) is 0 Å². The van der Waals surface area contributed by atoms with Crippen molar-refractivity contribution < 1.29 is 33.2 Å². The fourth-order valence-electron chi connectivity index (χ4n) is 10.0. The third-order valence-corrected chi connectivity index (χ3v) is 13.6. The number of fused-ring (bicyclic) bond motifs is 3. The first kappa shape index (κ1) is 49.9. The molecule has 0 aromatic heterocycles. The quantitative estimate of drug-likeness (QED) is 0.0685. The van der Waals surface area contributed by atoms with Crippen molar-refractivity contribution in [2.24, 2.45) is 5.73 Å². The summed E-state index contributed by atoms with van der Waals surface area (Å²) in [5.74, 6) is 4.37. The maximum atomic E-state index is 15.1. The van der Waals surface area contributed by atoms with Gasteiger partial charge in [-0.1, -0.05) is 104 Å². The summed E-state index contributed by atoms with van der Waals surface area (Å²) in [5.41, 5.74) is 7.63. The number of carbonyl (C=O) groups is 6. The van der Waals surface area contributed by atoms with Gasteiger partial charge in [-0.05, 0) is 92.6 Å². The largest absolute Gasteiger partial charge is 0.372 e. The van der Waals surface area contributed by atoms with Gasteiger partial charge in [0.1, 0.15) is 23.6 Å². The smallest absolute Gasteiger partial charge is 0.249 e. The molecule has 2 spiro atoms. The maximum absolute atomic E-state index is 15.1. The van der Waals surface area contributed by atoms with Gasteiger partial charge in [0.25, 0.3) is 0 Å². The van der Waals surface area contributed by atoms with Crippen molar-refractivity contribution in [3.8, 4) is 11.8 Å². The summed E-state index contributed by atoms with van der Waals surface area (Å²) < 4.78 is 15.1. The van der Waals surface area contributed by atoms with Gasteiger partial charge in [-0.15, -0.1) is 0 Å². The van der Waals surface area contributed by atoms with E-state index >= 15 is 4.39 Å². The minimum absolute atomic E-state index is 0.0685. The van der Waals surface area contributed by atoms with Crippen LogP contribution in [0.4, 0.5) is 10.1 Å². The first-order valence-electron chi connectivity index (χ1n) is 22.1. The number of hydrogen-bond donors (Lipinski definition) is 5. The number of nitrogens with zero attached hydrogens (tertiary/aromatic N) is 1. The number of aryl methyl sites for hydroxylation is 1. The Kier molecular flexibility index (Phi) is 18.5. The van der Waals surface area contributed by atoms with Gasteiger partial charge in [-0.25, -0.2) is 4.39 Å². The zero-order chi connectivity index (χ0) is 46.3. The average Bonchev–Trinajstić information content (AvgIpc) is 3.77. The summed E-state index contributed by atoms with van der Waals surface area (Å²) in [6.45, 7) is 2.69. The van der Waals surface area contributed by atoms with Crippen molar-refractivity contribution >= 4 is 65.7 Å². The lowest BCUT2D eigenvalue weighted by atomic mass is 9.56. The SMILES string of the molecule is CNC1CCCCC1.Cc1cccc(C#CCCC=O)c1CN(C=O)C1CCC(=O)NC1=O.NC=O.O=C1Nc2cc(Cl)ccc2[C@@]12C(c1cccc(Cl)c1F)CNC21CCCCC1. The van der Waals surface area contributed by atoms with Crippen LogP contribution in [0.3, 0.4) is 0 Å². The van der Waals surface area contributed by atoms with Gasteiger partial charge in [0.2, 0.25) is 30.5 Å². The molecule has 3 aliphatic heterocycles. The van der Waals surface area contributed by atoms with Crippen molar-refractivity contribution in [3.63, 3.8) is 0 Å². The zero-order valence-corrected chi connectivity index (χ0v) is 38.1. The molecule has 12 nitrogen and oxygen atoms in total. The van der Waals surface area contributed by atoms with Gasteiger partial charge in [0, 0.05) is 66.1 Å². The summed E-state index contributed by atoms with van der Waals surface area (Å²) in [7, 11) is 2.07. The van der Waals surface area contributed by atoms with Crippen molar-refractivity contribution in [3.05, 3.63) is 98.3 Å². The van der Waals surface area contributed by atoms with Crippen molar-refractivity contribution in [1.82, 2.24) is 20.9 Å². The van der Waals surface area contributed by atoms with E-state index in [9.17, 15) is 24.0 Å². The molecule has 3 aromatic rings. The third-order valence-electron chi connectivity index (χ3n) is 13.1. The van der Waals surface area contributed by atoms with E-state index in [-0.39, 0.29) is 42.1 Å². The van der Waals surface area contributed by atoms with Gasteiger partial charge in [0.05, 0.1) is 5.02 Å². The van der Waals surface area contributed by atoms with E-state index in [2.05, 4.69) is 45.9 Å². The molecule has 2 aliphatic carbocycles. The summed E-state index contributed by atoms with van der Waals surface area (Å²) in [6, 6.07) is 16.4. The number of hydrogen-bond acceptors (Lipinski definition) is 8. The Morgan fingerprint density at radius 1 is 0.938 bits per heavy atom. The average molecular weight is 918 g/mol. The molecule has 15 heteroatoms. The van der Waals surface area contributed by atoms with Crippen LogP contribution in [0.1, 0.15) is 124 Å². The minimum atomic E-state index is -0.876. The summed E-state index contributed by atoms with van der Waals surface area (Å²) in [5, 5.41) is 13.0. The molecule has 2 saturated heterocycles. The van der Waals surface area contributed by atoms with Gasteiger partial charge in [-0.2, -0.15) is 0 Å². The van der Waals surface area contributed by atoms with Crippen LogP contribution in [-0.4, -0.2) is 72.9 Å². The molecule has 2 unspecified atom stereocenters. The second kappa shape index (κ2) is 23.7. The van der Waals surface area contributed by atoms with Crippen LogP contribution in [0.25, 0.3) is 0 Å². The molecule has 2 saturated carbocycles. The van der Waals surface area contributed by atoms with Crippen LogP contribution in [0.2, 0.25) is 10.0 Å². The highest BCUT2D eigenvalue weighted by molar-refractivity contribution is 6.31. The van der Waals surface area contributed by atoms with Gasteiger partial charge in [0.15, 0.2) is 0 Å². The van der Waals surface area contributed by atoms with Crippen LogP contribution < -0.4 is 27.0 Å². The predicted octanol–water partition coefficient (Wildman–Crippen LogP) is 7.14. The highest BCUT2D eigenvalue weighted by Gasteiger charge is 2.68. The Hall–Kier alpha value is -5.13. The zero-order valence-electron chi connectivity index (χ0n) is 36.6. The second-order valence-electron chi connectivity index (χ2n) is 16.8. The fourth-order valence-corrected chi connectivity index (χ4v) is 10.4. The summed E-state index contributed by atoms with van der Waals surface area (Å²) >= 11 is 12.3. The first-order chi connectivity index (χ1) is 30.9. The Bertz CT molecular complexity index is 2220. The number of piperidine rings is 1. The van der Waals surface area contributed by atoms with E-state index in [1.165, 1.54) is 37.0 Å². The molecule has 3 heterocycles.